The van der Waals surface area contributed by atoms with Gasteiger partial charge in [0.05, 0.1) is 12.7 Å². The molecule has 0 aromatic heterocycles. The lowest BCUT2D eigenvalue weighted by Crippen LogP contribution is -2.40. The molecule has 0 unspecified atom stereocenters. The van der Waals surface area contributed by atoms with E-state index in [2.05, 4.69) is 0 Å². The maximum Gasteiger partial charge on any atom is 0.326 e. The molecule has 2 N–H and O–H groups in total. The van der Waals surface area contributed by atoms with Crippen molar-refractivity contribution in [3.63, 3.8) is 0 Å². The fourth-order valence-electron chi connectivity index (χ4n) is 2.35. The molecule has 1 aliphatic heterocycles. The lowest BCUT2D eigenvalue weighted by atomic mass is 10.1. The topological polar surface area (TPSA) is 87.1 Å². The number of carbonyl (C=O) groups is 2. The highest BCUT2D eigenvalue weighted by atomic mass is 16.5. The van der Waals surface area contributed by atoms with Crippen LogP contribution < -0.4 is 4.74 Å². The molecule has 0 aliphatic carbocycles. The molecule has 21 heavy (non-hydrogen) atoms. The van der Waals surface area contributed by atoms with Gasteiger partial charge in [-0.15, -0.1) is 0 Å². The first-order chi connectivity index (χ1) is 10.0. The number of amides is 1. The second kappa shape index (κ2) is 6.58. The average molecular weight is 293 g/mol. The van der Waals surface area contributed by atoms with E-state index in [9.17, 15) is 14.7 Å². The highest BCUT2D eigenvalue weighted by molar-refractivity contribution is 5.97. The number of carboxylic acid groups (broad SMARTS) is 1. The number of ether oxygens (including phenoxy) is 1. The van der Waals surface area contributed by atoms with E-state index in [0.717, 1.165) is 6.42 Å². The minimum absolute atomic E-state index is 0.0455. The van der Waals surface area contributed by atoms with Crippen LogP contribution in [-0.4, -0.2) is 52.3 Å². The van der Waals surface area contributed by atoms with Gasteiger partial charge in [0.2, 0.25) is 0 Å². The quantitative estimate of drug-likeness (QED) is 0.850. The number of nitrogens with zero attached hydrogens (tertiary/aromatic N) is 1. The average Bonchev–Trinajstić information content (AvgIpc) is 2.87. The van der Waals surface area contributed by atoms with Crippen molar-refractivity contribution in [1.29, 1.82) is 0 Å². The zero-order chi connectivity index (χ0) is 15.4. The molecule has 2 atom stereocenters. The molecule has 114 valence electrons. The first-order valence-electron chi connectivity index (χ1n) is 6.97. The molecule has 0 saturated carbocycles. The fraction of sp³-hybridized carbons (Fsp3) is 0.467. The molecular weight excluding hydrogens is 274 g/mol. The van der Waals surface area contributed by atoms with Crippen LogP contribution in [0.25, 0.3) is 0 Å². The standard InChI is InChI=1S/C15H19NO5/c1-2-7-21-12-5-3-10(4-6-12)14(18)16-9-11(17)8-13(16)15(19)20/h3-6,11,13,17H,2,7-9H2,1H3,(H,19,20)/t11-,13-/m1/s1. The van der Waals surface area contributed by atoms with Gasteiger partial charge in [-0.2, -0.15) is 0 Å². The molecule has 1 aliphatic rings. The van der Waals surface area contributed by atoms with Crippen molar-refractivity contribution in [2.75, 3.05) is 13.2 Å². The van der Waals surface area contributed by atoms with E-state index in [1.165, 1.54) is 4.90 Å². The van der Waals surface area contributed by atoms with Gasteiger partial charge in [-0.3, -0.25) is 4.79 Å². The van der Waals surface area contributed by atoms with Crippen LogP contribution in [0.1, 0.15) is 30.1 Å². The van der Waals surface area contributed by atoms with Crippen molar-refractivity contribution >= 4 is 11.9 Å². The summed E-state index contributed by atoms with van der Waals surface area (Å²) in [7, 11) is 0. The molecule has 2 rings (SSSR count). The summed E-state index contributed by atoms with van der Waals surface area (Å²) >= 11 is 0. The number of hydrogen-bond acceptors (Lipinski definition) is 4. The fourth-order valence-corrected chi connectivity index (χ4v) is 2.35. The zero-order valence-corrected chi connectivity index (χ0v) is 11.9. The van der Waals surface area contributed by atoms with E-state index in [-0.39, 0.29) is 18.9 Å². The largest absolute Gasteiger partial charge is 0.494 e. The Labute approximate surface area is 122 Å². The summed E-state index contributed by atoms with van der Waals surface area (Å²) in [5, 5.41) is 18.7. The Balaban J connectivity index is 2.10. The van der Waals surface area contributed by atoms with Gasteiger partial charge < -0.3 is 19.8 Å². The number of aliphatic hydroxyl groups is 1. The van der Waals surface area contributed by atoms with Crippen LogP contribution in [-0.2, 0) is 4.79 Å². The Morgan fingerprint density at radius 3 is 2.57 bits per heavy atom. The smallest absolute Gasteiger partial charge is 0.326 e. The highest BCUT2D eigenvalue weighted by Crippen LogP contribution is 2.22. The van der Waals surface area contributed by atoms with Gasteiger partial charge in [-0.25, -0.2) is 4.79 Å². The normalized spacial score (nSPS) is 21.3. The van der Waals surface area contributed by atoms with Crippen LogP contribution in [0.3, 0.4) is 0 Å². The van der Waals surface area contributed by atoms with Crippen molar-refractivity contribution in [2.45, 2.75) is 31.9 Å². The number of benzene rings is 1. The third-order valence-electron chi connectivity index (χ3n) is 3.40. The van der Waals surface area contributed by atoms with Crippen LogP contribution in [0.2, 0.25) is 0 Å². The first kappa shape index (κ1) is 15.3. The Hall–Kier alpha value is -2.08. The molecule has 1 aromatic carbocycles. The zero-order valence-electron chi connectivity index (χ0n) is 11.9. The molecule has 0 spiro atoms. The van der Waals surface area contributed by atoms with E-state index in [1.807, 2.05) is 6.92 Å². The summed E-state index contributed by atoms with van der Waals surface area (Å²) in [6, 6.07) is 5.62. The van der Waals surface area contributed by atoms with Crippen molar-refractivity contribution in [2.24, 2.45) is 0 Å². The van der Waals surface area contributed by atoms with Crippen molar-refractivity contribution in [3.8, 4) is 5.75 Å². The van der Waals surface area contributed by atoms with Crippen LogP contribution in [0, 0.1) is 0 Å². The molecule has 1 fully saturated rings. The van der Waals surface area contributed by atoms with Gasteiger partial charge in [-0.05, 0) is 30.7 Å². The van der Waals surface area contributed by atoms with Gasteiger partial charge >= 0.3 is 5.97 Å². The SMILES string of the molecule is CCCOc1ccc(C(=O)N2C[C@H](O)C[C@@H]2C(=O)O)cc1. The number of likely N-dealkylation sites (tertiary alicyclic amines) is 1. The molecule has 1 saturated heterocycles. The van der Waals surface area contributed by atoms with Gasteiger partial charge in [0.25, 0.3) is 5.91 Å². The third-order valence-corrected chi connectivity index (χ3v) is 3.40. The highest BCUT2D eigenvalue weighted by Gasteiger charge is 2.39. The Morgan fingerprint density at radius 2 is 2.00 bits per heavy atom. The minimum atomic E-state index is -1.09. The Morgan fingerprint density at radius 1 is 1.33 bits per heavy atom. The second-order valence-electron chi connectivity index (χ2n) is 5.07. The molecular formula is C15H19NO5. The van der Waals surface area contributed by atoms with Crippen molar-refractivity contribution in [1.82, 2.24) is 4.90 Å². The van der Waals surface area contributed by atoms with Crippen molar-refractivity contribution < 1.29 is 24.5 Å². The summed E-state index contributed by atoms with van der Waals surface area (Å²) in [5.74, 6) is -0.812. The Kier molecular flexibility index (Phi) is 4.80. The van der Waals surface area contributed by atoms with E-state index in [1.54, 1.807) is 24.3 Å². The number of carbonyl (C=O) groups excluding carboxylic acids is 1. The first-order valence-corrected chi connectivity index (χ1v) is 6.97. The lowest BCUT2D eigenvalue weighted by molar-refractivity contribution is -0.141. The van der Waals surface area contributed by atoms with Crippen LogP contribution >= 0.6 is 0 Å². The number of carboxylic acids is 1. The molecule has 0 bridgehead atoms. The third kappa shape index (κ3) is 3.52. The molecule has 6 nitrogen and oxygen atoms in total. The number of rotatable bonds is 5. The maximum absolute atomic E-state index is 12.3. The minimum Gasteiger partial charge on any atom is -0.494 e. The van der Waals surface area contributed by atoms with Crippen LogP contribution in [0.5, 0.6) is 5.75 Å². The summed E-state index contributed by atoms with van der Waals surface area (Å²) in [4.78, 5) is 24.7. The summed E-state index contributed by atoms with van der Waals surface area (Å²) in [5.41, 5.74) is 0.388. The number of hydrogen-bond donors (Lipinski definition) is 2. The maximum atomic E-state index is 12.3. The van der Waals surface area contributed by atoms with Gasteiger partial charge in [0, 0.05) is 18.5 Å². The monoisotopic (exact) mass is 293 g/mol. The predicted octanol–water partition coefficient (Wildman–Crippen LogP) is 1.14. The van der Waals surface area contributed by atoms with E-state index >= 15 is 0 Å². The van der Waals surface area contributed by atoms with Gasteiger partial charge in [0.1, 0.15) is 11.8 Å². The summed E-state index contributed by atoms with van der Waals surface area (Å²) in [6.45, 7) is 2.65. The summed E-state index contributed by atoms with van der Waals surface area (Å²) < 4.78 is 5.43. The van der Waals surface area contributed by atoms with E-state index in [4.69, 9.17) is 9.84 Å². The van der Waals surface area contributed by atoms with Crippen molar-refractivity contribution in [3.05, 3.63) is 29.8 Å². The summed E-state index contributed by atoms with van der Waals surface area (Å²) in [6.07, 6.45) is 0.174. The molecule has 0 radical (unpaired) electrons. The molecule has 1 heterocycles. The van der Waals surface area contributed by atoms with Gasteiger partial charge in [-0.1, -0.05) is 6.92 Å². The molecule has 6 heteroatoms. The van der Waals surface area contributed by atoms with Crippen LogP contribution in [0.15, 0.2) is 24.3 Å². The second-order valence-corrected chi connectivity index (χ2v) is 5.07. The van der Waals surface area contributed by atoms with Gasteiger partial charge in [0.15, 0.2) is 0 Å². The van der Waals surface area contributed by atoms with E-state index < -0.39 is 18.1 Å². The molecule has 1 amide bonds. The lowest BCUT2D eigenvalue weighted by Gasteiger charge is -2.21. The number of β-amino-alcohol motifs (C(OH)–C–C–N with tert-alkyl or cyclic N) is 1. The predicted molar refractivity (Wildman–Crippen MR) is 75.3 cm³/mol. The van der Waals surface area contributed by atoms with Crippen LogP contribution in [0.4, 0.5) is 0 Å². The number of aliphatic hydroxyl groups excluding tert-OH is 1. The Bertz CT molecular complexity index is 513. The molecule has 1 aromatic rings. The number of aliphatic carboxylic acids is 1. The van der Waals surface area contributed by atoms with E-state index in [0.29, 0.717) is 17.9 Å².